The predicted molar refractivity (Wildman–Crippen MR) is 78.9 cm³/mol. The Labute approximate surface area is 121 Å². The molecule has 0 bridgehead atoms. The molecule has 0 aliphatic heterocycles. The molecular weight excluding hydrogens is 272 g/mol. The van der Waals surface area contributed by atoms with Crippen LogP contribution in [0, 0.1) is 0 Å². The molecule has 0 spiro atoms. The van der Waals surface area contributed by atoms with Crippen molar-refractivity contribution in [2.45, 2.75) is 13.0 Å². The molecule has 1 unspecified atom stereocenters. The number of benzene rings is 2. The Morgan fingerprint density at radius 2 is 1.90 bits per heavy atom. The minimum atomic E-state index is -1.39. The van der Waals surface area contributed by atoms with Crippen LogP contribution in [-0.2, 0) is 14.3 Å². The van der Waals surface area contributed by atoms with Gasteiger partial charge < -0.3 is 20.9 Å². The average Bonchev–Trinajstić information content (AvgIpc) is 2.47. The summed E-state index contributed by atoms with van der Waals surface area (Å²) in [5.41, 5.74) is 6.00. The van der Waals surface area contributed by atoms with E-state index in [0.717, 1.165) is 0 Å². The summed E-state index contributed by atoms with van der Waals surface area (Å²) in [7, 11) is 0. The van der Waals surface area contributed by atoms with Crippen molar-refractivity contribution >= 4 is 28.3 Å². The highest BCUT2D eigenvalue weighted by Crippen LogP contribution is 2.29. The van der Waals surface area contributed by atoms with Gasteiger partial charge in [-0.25, -0.2) is 4.79 Å². The molecule has 0 saturated heterocycles. The molecule has 0 aliphatic rings. The van der Waals surface area contributed by atoms with Gasteiger partial charge in [-0.2, -0.15) is 0 Å². The molecule has 2 aromatic carbocycles. The minimum Gasteiger partial charge on any atom is -0.507 e. The van der Waals surface area contributed by atoms with Crippen LogP contribution >= 0.6 is 0 Å². The van der Waals surface area contributed by atoms with Crippen molar-refractivity contribution in [3.05, 3.63) is 36.4 Å². The van der Waals surface area contributed by atoms with E-state index >= 15 is 0 Å². The number of carbonyl (C=O) groups excluding carboxylic acids is 2. The maximum atomic E-state index is 12.0. The zero-order valence-electron chi connectivity index (χ0n) is 11.5. The number of ether oxygens (including phenoxy) is 1. The number of amides is 1. The molecule has 1 amide bonds. The van der Waals surface area contributed by atoms with Gasteiger partial charge in [-0.15, -0.1) is 0 Å². The van der Waals surface area contributed by atoms with Gasteiger partial charge in [0.05, 0.1) is 6.61 Å². The fourth-order valence-corrected chi connectivity index (χ4v) is 1.95. The third-order valence-electron chi connectivity index (χ3n) is 2.98. The number of fused-ring (bicyclic) bond motifs is 1. The predicted octanol–water partition coefficient (Wildman–Crippen LogP) is 1.37. The first-order chi connectivity index (χ1) is 10.0. The number of carbonyl (C=O) groups is 2. The lowest BCUT2D eigenvalue weighted by atomic mass is 10.1. The molecular formula is C15H16N2O4. The van der Waals surface area contributed by atoms with Crippen LogP contribution in [0.4, 0.5) is 5.69 Å². The Morgan fingerprint density at radius 3 is 2.62 bits per heavy atom. The zero-order valence-corrected chi connectivity index (χ0v) is 11.5. The van der Waals surface area contributed by atoms with Crippen LogP contribution in [0.25, 0.3) is 10.8 Å². The molecule has 0 fully saturated rings. The second kappa shape index (κ2) is 6.23. The van der Waals surface area contributed by atoms with E-state index in [9.17, 15) is 14.7 Å². The Hall–Kier alpha value is -2.60. The first-order valence-electron chi connectivity index (χ1n) is 6.48. The number of phenols is 1. The lowest BCUT2D eigenvalue weighted by Crippen LogP contribution is -2.43. The van der Waals surface area contributed by atoms with Crippen LogP contribution in [-0.4, -0.2) is 29.6 Å². The first kappa shape index (κ1) is 14.8. The van der Waals surface area contributed by atoms with Crippen molar-refractivity contribution in [2.24, 2.45) is 5.73 Å². The van der Waals surface area contributed by atoms with Crippen LogP contribution in [0.5, 0.6) is 5.75 Å². The molecule has 0 radical (unpaired) electrons. The van der Waals surface area contributed by atoms with Crippen molar-refractivity contribution in [1.29, 1.82) is 0 Å². The molecule has 6 nitrogen and oxygen atoms in total. The van der Waals surface area contributed by atoms with Gasteiger partial charge in [0, 0.05) is 16.5 Å². The van der Waals surface area contributed by atoms with E-state index < -0.39 is 17.9 Å². The smallest absolute Gasteiger partial charge is 0.332 e. The van der Waals surface area contributed by atoms with E-state index in [1.807, 2.05) is 0 Å². The summed E-state index contributed by atoms with van der Waals surface area (Å²) in [6.45, 7) is 1.79. The summed E-state index contributed by atoms with van der Waals surface area (Å²) in [5.74, 6) is -1.33. The highest BCUT2D eigenvalue weighted by Gasteiger charge is 2.23. The molecule has 0 saturated carbocycles. The molecule has 0 aliphatic carbocycles. The van der Waals surface area contributed by atoms with Gasteiger partial charge in [0.2, 0.25) is 0 Å². The largest absolute Gasteiger partial charge is 0.507 e. The number of hydrogen-bond donors (Lipinski definition) is 3. The Bertz CT molecular complexity index is 684. The van der Waals surface area contributed by atoms with Gasteiger partial charge in [-0.05, 0) is 19.1 Å². The van der Waals surface area contributed by atoms with E-state index in [4.69, 9.17) is 10.5 Å². The Morgan fingerprint density at radius 1 is 1.24 bits per heavy atom. The first-order valence-corrected chi connectivity index (χ1v) is 6.48. The monoisotopic (exact) mass is 288 g/mol. The van der Waals surface area contributed by atoms with E-state index in [1.54, 1.807) is 43.3 Å². The van der Waals surface area contributed by atoms with Crippen molar-refractivity contribution < 1.29 is 19.4 Å². The lowest BCUT2D eigenvalue weighted by Gasteiger charge is -2.13. The van der Waals surface area contributed by atoms with Crippen LogP contribution < -0.4 is 11.1 Å². The van der Waals surface area contributed by atoms with E-state index in [1.165, 1.54) is 0 Å². The summed E-state index contributed by atoms with van der Waals surface area (Å²) >= 11 is 0. The quantitative estimate of drug-likeness (QED) is 0.582. The second-order valence-electron chi connectivity index (χ2n) is 4.40. The average molecular weight is 288 g/mol. The fraction of sp³-hybridized carbons (Fsp3) is 0.200. The van der Waals surface area contributed by atoms with Gasteiger partial charge in [0.15, 0.2) is 6.04 Å². The SMILES string of the molecule is CCOC(=O)C(N)C(=O)Nc1cccc2c(O)cccc12. The topological polar surface area (TPSA) is 102 Å². The number of nitrogens with one attached hydrogen (secondary N) is 1. The number of esters is 1. The second-order valence-corrected chi connectivity index (χ2v) is 4.40. The molecule has 0 aromatic heterocycles. The standard InChI is InChI=1S/C15H16N2O4/c1-2-21-15(20)13(16)14(19)17-11-7-3-6-10-9(11)5-4-8-12(10)18/h3-8,13,18H,2,16H2,1H3,(H,17,19). The highest BCUT2D eigenvalue weighted by atomic mass is 16.5. The third kappa shape index (κ3) is 3.11. The molecule has 4 N–H and O–H groups in total. The number of nitrogens with two attached hydrogens (primary N) is 1. The number of aromatic hydroxyl groups is 1. The Balaban J connectivity index is 2.26. The third-order valence-corrected chi connectivity index (χ3v) is 2.98. The van der Waals surface area contributed by atoms with Gasteiger partial charge in [0.1, 0.15) is 5.75 Å². The van der Waals surface area contributed by atoms with Crippen molar-refractivity contribution in [3.63, 3.8) is 0 Å². The molecule has 0 heterocycles. The van der Waals surface area contributed by atoms with Gasteiger partial charge in [0.25, 0.3) is 5.91 Å². The molecule has 6 heteroatoms. The summed E-state index contributed by atoms with van der Waals surface area (Å²) in [5, 5.41) is 13.6. The summed E-state index contributed by atoms with van der Waals surface area (Å²) in [4.78, 5) is 23.4. The molecule has 2 rings (SSSR count). The summed E-state index contributed by atoms with van der Waals surface area (Å²) < 4.78 is 4.70. The van der Waals surface area contributed by atoms with Crippen molar-refractivity contribution in [2.75, 3.05) is 11.9 Å². The summed E-state index contributed by atoms with van der Waals surface area (Å²) in [6.07, 6.45) is 0. The molecule has 2 aromatic rings. The molecule has 21 heavy (non-hydrogen) atoms. The lowest BCUT2D eigenvalue weighted by molar-refractivity contribution is -0.146. The van der Waals surface area contributed by atoms with Crippen LogP contribution in [0.1, 0.15) is 6.92 Å². The van der Waals surface area contributed by atoms with Gasteiger partial charge in [-0.1, -0.05) is 24.3 Å². The zero-order chi connectivity index (χ0) is 15.4. The van der Waals surface area contributed by atoms with E-state index in [2.05, 4.69) is 5.32 Å². The highest BCUT2D eigenvalue weighted by molar-refractivity contribution is 6.11. The molecule has 1 atom stereocenters. The van der Waals surface area contributed by atoms with Crippen LogP contribution in [0.3, 0.4) is 0 Å². The van der Waals surface area contributed by atoms with Crippen LogP contribution in [0.2, 0.25) is 0 Å². The van der Waals surface area contributed by atoms with Crippen molar-refractivity contribution in [3.8, 4) is 5.75 Å². The fourth-order valence-electron chi connectivity index (χ4n) is 1.95. The molecule has 110 valence electrons. The number of rotatable bonds is 4. The maximum absolute atomic E-state index is 12.0. The summed E-state index contributed by atoms with van der Waals surface area (Å²) in [6, 6.07) is 8.66. The maximum Gasteiger partial charge on any atom is 0.332 e. The normalized spacial score (nSPS) is 11.9. The Kier molecular flexibility index (Phi) is 4.39. The van der Waals surface area contributed by atoms with Gasteiger partial charge in [-0.3, -0.25) is 4.79 Å². The van der Waals surface area contributed by atoms with Crippen molar-refractivity contribution in [1.82, 2.24) is 0 Å². The number of anilines is 1. The number of hydrogen-bond acceptors (Lipinski definition) is 5. The minimum absolute atomic E-state index is 0.110. The number of phenolic OH excluding ortho intramolecular Hbond substituents is 1. The van der Waals surface area contributed by atoms with Crippen LogP contribution in [0.15, 0.2) is 36.4 Å². The van der Waals surface area contributed by atoms with E-state index in [0.29, 0.717) is 16.5 Å². The van der Waals surface area contributed by atoms with Gasteiger partial charge >= 0.3 is 5.97 Å². The van der Waals surface area contributed by atoms with E-state index in [-0.39, 0.29) is 12.4 Å².